The molecule has 0 aliphatic heterocycles. The van der Waals surface area contributed by atoms with Gasteiger partial charge in [-0.05, 0) is 28.1 Å². The maximum absolute atomic E-state index is 9.02. The van der Waals surface area contributed by atoms with Gasteiger partial charge in [0.1, 0.15) is 6.07 Å². The van der Waals surface area contributed by atoms with Gasteiger partial charge in [0.15, 0.2) is 0 Å². The van der Waals surface area contributed by atoms with Crippen molar-refractivity contribution in [2.45, 2.75) is 0 Å². The van der Waals surface area contributed by atoms with E-state index in [1.54, 1.807) is 18.2 Å². The van der Waals surface area contributed by atoms with Crippen LogP contribution in [0, 0.1) is 11.3 Å². The van der Waals surface area contributed by atoms with Crippen LogP contribution in [0.25, 0.3) is 5.69 Å². The van der Waals surface area contributed by atoms with Gasteiger partial charge in [-0.25, -0.2) is 4.68 Å². The van der Waals surface area contributed by atoms with Crippen LogP contribution < -0.4 is 5.73 Å². The Balaban J connectivity index is 2.70. The van der Waals surface area contributed by atoms with E-state index in [1.807, 2.05) is 6.07 Å². The van der Waals surface area contributed by atoms with Crippen molar-refractivity contribution in [3.8, 4) is 11.8 Å². The van der Waals surface area contributed by atoms with E-state index < -0.39 is 0 Å². The summed E-state index contributed by atoms with van der Waals surface area (Å²) in [5.74, 6) is 0.121. The summed E-state index contributed by atoms with van der Waals surface area (Å²) in [7, 11) is 0. The first kappa shape index (κ1) is 10.9. The van der Waals surface area contributed by atoms with Gasteiger partial charge in [-0.2, -0.15) is 10.2 Å². The van der Waals surface area contributed by atoms with Gasteiger partial charge in [-0.1, -0.05) is 17.7 Å². The topological polar surface area (TPSA) is 80.5 Å². The molecule has 0 saturated carbocycles. The molecule has 0 saturated heterocycles. The first-order valence-electron chi connectivity index (χ1n) is 4.20. The molecule has 0 radical (unpaired) electrons. The number of nitrogens with zero attached hydrogens (tertiary/aromatic N) is 4. The van der Waals surface area contributed by atoms with E-state index >= 15 is 0 Å². The second-order valence-corrected chi connectivity index (χ2v) is 4.01. The summed E-state index contributed by atoms with van der Waals surface area (Å²) in [4.78, 5) is 3.89. The maximum atomic E-state index is 9.02. The minimum absolute atomic E-state index is 0.121. The molecule has 0 unspecified atom stereocenters. The maximum Gasteiger partial charge on any atom is 0.240 e. The molecule has 0 atom stereocenters. The third-order valence-electron chi connectivity index (χ3n) is 1.92. The van der Waals surface area contributed by atoms with Crippen molar-refractivity contribution < 1.29 is 0 Å². The second kappa shape index (κ2) is 4.12. The number of hydrogen-bond acceptors (Lipinski definition) is 4. The highest BCUT2D eigenvalue weighted by atomic mass is 79.9. The highest BCUT2D eigenvalue weighted by molar-refractivity contribution is 9.10. The zero-order valence-electron chi connectivity index (χ0n) is 7.85. The number of anilines is 1. The number of benzene rings is 1. The molecule has 1 aromatic heterocycles. The van der Waals surface area contributed by atoms with E-state index in [9.17, 15) is 0 Å². The van der Waals surface area contributed by atoms with Crippen LogP contribution in [-0.4, -0.2) is 14.8 Å². The zero-order chi connectivity index (χ0) is 11.7. The lowest BCUT2D eigenvalue weighted by atomic mass is 10.2. The van der Waals surface area contributed by atoms with Crippen LogP contribution in [0.2, 0.25) is 5.02 Å². The Kier molecular flexibility index (Phi) is 2.81. The predicted octanol–water partition coefficient (Wildman–Crippen LogP) is 2.14. The van der Waals surface area contributed by atoms with Crippen LogP contribution in [0.4, 0.5) is 5.95 Å². The number of halogens is 2. The van der Waals surface area contributed by atoms with E-state index in [0.29, 0.717) is 21.0 Å². The van der Waals surface area contributed by atoms with E-state index in [0.717, 1.165) is 0 Å². The Morgan fingerprint density at radius 1 is 1.50 bits per heavy atom. The molecule has 0 amide bonds. The van der Waals surface area contributed by atoms with E-state index in [-0.39, 0.29) is 5.95 Å². The highest BCUT2D eigenvalue weighted by Crippen LogP contribution is 2.24. The van der Waals surface area contributed by atoms with E-state index in [2.05, 4.69) is 26.0 Å². The fourth-order valence-electron chi connectivity index (χ4n) is 1.26. The molecule has 2 aromatic rings. The molecule has 0 aliphatic rings. The lowest BCUT2D eigenvalue weighted by molar-refractivity contribution is 0.857. The van der Waals surface area contributed by atoms with Crippen molar-refractivity contribution in [1.82, 2.24) is 14.8 Å². The minimum Gasteiger partial charge on any atom is -0.366 e. The normalized spacial score (nSPS) is 10.1. The van der Waals surface area contributed by atoms with Crippen LogP contribution in [0.5, 0.6) is 0 Å². The van der Waals surface area contributed by atoms with E-state index in [1.165, 1.54) is 4.68 Å². The molecule has 5 nitrogen and oxygen atoms in total. The number of nitrogens with two attached hydrogens (primary N) is 1. The molecule has 7 heteroatoms. The molecule has 80 valence electrons. The van der Waals surface area contributed by atoms with Crippen LogP contribution in [0.3, 0.4) is 0 Å². The molecule has 1 heterocycles. The minimum atomic E-state index is 0.121. The number of hydrogen-bond donors (Lipinski definition) is 1. The van der Waals surface area contributed by atoms with Gasteiger partial charge in [-0.3, -0.25) is 0 Å². The van der Waals surface area contributed by atoms with Gasteiger partial charge in [-0.15, -0.1) is 5.10 Å². The third kappa shape index (κ3) is 1.75. The van der Waals surface area contributed by atoms with Crippen molar-refractivity contribution >= 4 is 33.5 Å². The van der Waals surface area contributed by atoms with Crippen LogP contribution in [0.1, 0.15) is 5.56 Å². The molecule has 0 aliphatic carbocycles. The van der Waals surface area contributed by atoms with Crippen LogP contribution >= 0.6 is 27.5 Å². The SMILES string of the molecule is N#Cc1c(Cl)cccc1-n1nc(N)nc1Br. The van der Waals surface area contributed by atoms with Crippen molar-refractivity contribution in [3.63, 3.8) is 0 Å². The number of rotatable bonds is 1. The second-order valence-electron chi connectivity index (χ2n) is 2.90. The van der Waals surface area contributed by atoms with Gasteiger partial charge >= 0.3 is 0 Å². The molecule has 16 heavy (non-hydrogen) atoms. The number of nitrogen functional groups attached to an aromatic ring is 1. The van der Waals surface area contributed by atoms with Gasteiger partial charge < -0.3 is 5.73 Å². The van der Waals surface area contributed by atoms with Gasteiger partial charge in [0.05, 0.1) is 16.3 Å². The largest absolute Gasteiger partial charge is 0.366 e. The Morgan fingerprint density at radius 3 is 2.81 bits per heavy atom. The Hall–Kier alpha value is -1.58. The fourth-order valence-corrected chi connectivity index (χ4v) is 1.92. The summed E-state index contributed by atoms with van der Waals surface area (Å²) in [6.07, 6.45) is 0. The zero-order valence-corrected chi connectivity index (χ0v) is 10.2. The first-order valence-corrected chi connectivity index (χ1v) is 5.37. The summed E-state index contributed by atoms with van der Waals surface area (Å²) in [6, 6.07) is 7.09. The molecule has 0 fully saturated rings. The molecule has 2 N–H and O–H groups in total. The average Bonchev–Trinajstić information content (AvgIpc) is 2.57. The lowest BCUT2D eigenvalue weighted by Gasteiger charge is -2.05. The molecular weight excluding hydrogens is 293 g/mol. The summed E-state index contributed by atoms with van der Waals surface area (Å²) in [6.45, 7) is 0. The van der Waals surface area contributed by atoms with E-state index in [4.69, 9.17) is 22.6 Å². The van der Waals surface area contributed by atoms with Gasteiger partial charge in [0.25, 0.3) is 0 Å². The highest BCUT2D eigenvalue weighted by Gasteiger charge is 2.13. The van der Waals surface area contributed by atoms with Gasteiger partial charge in [0, 0.05) is 0 Å². The quantitative estimate of drug-likeness (QED) is 0.874. The van der Waals surface area contributed by atoms with Crippen molar-refractivity contribution in [2.75, 3.05) is 5.73 Å². The summed E-state index contributed by atoms with van der Waals surface area (Å²) in [5, 5.41) is 13.3. The molecule has 0 spiro atoms. The smallest absolute Gasteiger partial charge is 0.240 e. The lowest BCUT2D eigenvalue weighted by Crippen LogP contribution is -2.01. The van der Waals surface area contributed by atoms with Crippen LogP contribution in [0.15, 0.2) is 22.9 Å². The van der Waals surface area contributed by atoms with Crippen molar-refractivity contribution in [1.29, 1.82) is 5.26 Å². The van der Waals surface area contributed by atoms with Crippen LogP contribution in [-0.2, 0) is 0 Å². The Labute approximate surface area is 105 Å². The fraction of sp³-hybridized carbons (Fsp3) is 0. The summed E-state index contributed by atoms with van der Waals surface area (Å²) >= 11 is 9.11. The summed E-state index contributed by atoms with van der Waals surface area (Å²) in [5.41, 5.74) is 6.32. The molecular formula is C9H5BrClN5. The van der Waals surface area contributed by atoms with Crippen molar-refractivity contribution in [2.24, 2.45) is 0 Å². The molecule has 1 aromatic carbocycles. The average molecular weight is 299 g/mol. The number of nitriles is 1. The Morgan fingerprint density at radius 2 is 2.25 bits per heavy atom. The first-order chi connectivity index (χ1) is 7.63. The van der Waals surface area contributed by atoms with Gasteiger partial charge in [0.2, 0.25) is 10.7 Å². The molecule has 0 bridgehead atoms. The van der Waals surface area contributed by atoms with Crippen molar-refractivity contribution in [3.05, 3.63) is 33.5 Å². The number of aromatic nitrogens is 3. The monoisotopic (exact) mass is 297 g/mol. The predicted molar refractivity (Wildman–Crippen MR) is 63.2 cm³/mol. The Bertz CT molecular complexity index is 586. The third-order valence-corrected chi connectivity index (χ3v) is 2.74. The standard InChI is InChI=1S/C9H5BrClN5/c10-8-14-9(13)15-16(8)7-3-1-2-6(11)5(7)4-12/h1-3H,(H2,13,15). The summed E-state index contributed by atoms with van der Waals surface area (Å²) < 4.78 is 1.84. The molecule has 2 rings (SSSR count).